The molecule has 0 saturated heterocycles. The van der Waals surface area contributed by atoms with Gasteiger partial charge in [-0.2, -0.15) is 0 Å². The summed E-state index contributed by atoms with van der Waals surface area (Å²) in [4.78, 5) is 43.8. The third-order valence-corrected chi connectivity index (χ3v) is 23.6. The fourth-order valence-corrected chi connectivity index (χ4v) is 17.9. The number of amides is 2. The highest BCUT2D eigenvalue weighted by atomic mass is 32.1. The van der Waals surface area contributed by atoms with Crippen LogP contribution in [0.3, 0.4) is 0 Å². The number of nitrogens with zero attached hydrogens (tertiary/aromatic N) is 2. The number of unbranched alkanes of at least 4 members (excludes halogenated alkanes) is 34. The summed E-state index contributed by atoms with van der Waals surface area (Å²) in [6, 6.07) is 14.0. The van der Waals surface area contributed by atoms with Gasteiger partial charge in [-0.3, -0.25) is 9.59 Å². The molecule has 2 atom stereocenters. The molecule has 6 heterocycles. The molecule has 0 bridgehead atoms. The lowest BCUT2D eigenvalue weighted by Crippen LogP contribution is -2.34. The van der Waals surface area contributed by atoms with Crippen LogP contribution in [0.5, 0.6) is 0 Å². The van der Waals surface area contributed by atoms with E-state index in [0.29, 0.717) is 36.1 Å². The van der Waals surface area contributed by atoms with Gasteiger partial charge in [0.15, 0.2) is 0 Å². The average Bonchev–Trinajstić information content (AvgIpc) is 1.59. The fraction of sp³-hybridized carbons (Fsp3) is 0.718. The van der Waals surface area contributed by atoms with Crippen molar-refractivity contribution in [1.82, 2.24) is 9.80 Å². The number of rotatable bonds is 54. The Kier molecular flexibility index (Phi) is 36.9. The van der Waals surface area contributed by atoms with Gasteiger partial charge in [0.05, 0.1) is 32.3 Å². The molecule has 4 nitrogen and oxygen atoms in total. The van der Waals surface area contributed by atoms with Gasteiger partial charge >= 0.3 is 0 Å². The molecule has 2 unspecified atom stereocenters. The molecule has 2 amide bonds. The predicted octanol–water partition coefficient (Wildman–Crippen LogP) is 26.7. The highest BCUT2D eigenvalue weighted by Gasteiger charge is 2.50. The highest BCUT2D eigenvalue weighted by Crippen LogP contribution is 2.51. The van der Waals surface area contributed by atoms with E-state index in [1.807, 2.05) is 45.3 Å². The number of aryl methyl sites for hydroxylation is 2. The summed E-state index contributed by atoms with van der Waals surface area (Å²) in [5.74, 6) is 0.909. The fourth-order valence-electron chi connectivity index (χ4n) is 13.7. The van der Waals surface area contributed by atoms with Crippen LogP contribution in [0.15, 0.2) is 58.3 Å². The highest BCUT2D eigenvalue weighted by molar-refractivity contribution is 7.22. The second-order valence-corrected chi connectivity index (χ2v) is 30.6. The van der Waals surface area contributed by atoms with Crippen LogP contribution in [0, 0.1) is 11.8 Å². The predicted molar refractivity (Wildman–Crippen MR) is 384 cm³/mol. The van der Waals surface area contributed by atoms with Crippen LogP contribution in [0.2, 0.25) is 0 Å². The van der Waals surface area contributed by atoms with Gasteiger partial charge in [-0.25, -0.2) is 0 Å². The largest absolute Gasteiger partial charge is 0.306 e. The van der Waals surface area contributed by atoms with Crippen LogP contribution in [0.25, 0.3) is 30.9 Å². The quantitative estimate of drug-likeness (QED) is 0.0413. The molecule has 0 saturated carbocycles. The summed E-state index contributed by atoms with van der Waals surface area (Å²) in [5, 5.41) is 4.78. The van der Waals surface area contributed by atoms with E-state index in [-0.39, 0.29) is 11.8 Å². The van der Waals surface area contributed by atoms with Crippen molar-refractivity contribution in [2.45, 2.75) is 337 Å². The SMILES string of the molecule is CCCCCCCCCCCCc1csc(-c2ccc(C3=C4C(=O)N(CC(CCCCCC)CCCCCCCC)C(c5ccc(-c6cc(CCCCCCCCCCCC)cs6)s5)=C4C(=O)N3CC(CCCCCC)CCCCCCCC)s2)c1. The molecule has 86 heavy (non-hydrogen) atoms. The lowest BCUT2D eigenvalue weighted by atomic mass is 9.93. The van der Waals surface area contributed by atoms with Crippen molar-refractivity contribution < 1.29 is 9.59 Å². The van der Waals surface area contributed by atoms with Crippen LogP contribution < -0.4 is 0 Å². The maximum Gasteiger partial charge on any atom is 0.261 e. The van der Waals surface area contributed by atoms with E-state index in [4.69, 9.17) is 0 Å². The monoisotopic (exact) mass is 1250 g/mol. The molecular formula is C78H124N2O2S4. The first-order chi connectivity index (χ1) is 42.3. The molecule has 4 aromatic rings. The van der Waals surface area contributed by atoms with E-state index >= 15 is 9.59 Å². The van der Waals surface area contributed by atoms with Gasteiger partial charge in [0.2, 0.25) is 0 Å². The number of hydrogen-bond donors (Lipinski definition) is 0. The molecule has 0 spiro atoms. The molecule has 0 fully saturated rings. The van der Waals surface area contributed by atoms with Gasteiger partial charge in [-0.1, -0.05) is 286 Å². The van der Waals surface area contributed by atoms with Gasteiger partial charge in [-0.05, 0) is 121 Å². The minimum absolute atomic E-state index is 0.0625. The summed E-state index contributed by atoms with van der Waals surface area (Å²) in [5.41, 5.74) is 6.07. The summed E-state index contributed by atoms with van der Waals surface area (Å²) in [7, 11) is 0. The Labute approximate surface area is 544 Å². The smallest absolute Gasteiger partial charge is 0.261 e. The van der Waals surface area contributed by atoms with Crippen LogP contribution in [-0.4, -0.2) is 34.7 Å². The molecule has 0 aromatic carbocycles. The van der Waals surface area contributed by atoms with Crippen LogP contribution >= 0.6 is 45.3 Å². The van der Waals surface area contributed by atoms with Gasteiger partial charge in [0.25, 0.3) is 11.8 Å². The van der Waals surface area contributed by atoms with E-state index in [2.05, 4.69) is 98.5 Å². The molecule has 4 aromatic heterocycles. The van der Waals surface area contributed by atoms with Crippen molar-refractivity contribution in [2.75, 3.05) is 13.1 Å². The second kappa shape index (κ2) is 43.8. The Hall–Kier alpha value is -2.78. The molecule has 0 N–H and O–H groups in total. The maximum absolute atomic E-state index is 16.1. The van der Waals surface area contributed by atoms with Crippen molar-refractivity contribution in [3.8, 4) is 19.5 Å². The molecular weight excluding hydrogens is 1130 g/mol. The first-order valence-corrected chi connectivity index (χ1v) is 40.2. The Bertz CT molecular complexity index is 2330. The normalized spacial score (nSPS) is 14.3. The van der Waals surface area contributed by atoms with Crippen LogP contribution in [-0.2, 0) is 22.4 Å². The zero-order chi connectivity index (χ0) is 60.8. The third-order valence-electron chi connectivity index (χ3n) is 19.0. The van der Waals surface area contributed by atoms with E-state index in [0.717, 1.165) is 59.7 Å². The van der Waals surface area contributed by atoms with E-state index in [1.54, 1.807) is 0 Å². The lowest BCUT2D eigenvalue weighted by Gasteiger charge is -2.29. The maximum atomic E-state index is 16.1. The zero-order valence-electron chi connectivity index (χ0n) is 56.1. The topological polar surface area (TPSA) is 40.6 Å². The van der Waals surface area contributed by atoms with Crippen molar-refractivity contribution in [3.63, 3.8) is 0 Å². The zero-order valence-corrected chi connectivity index (χ0v) is 59.3. The minimum Gasteiger partial charge on any atom is -0.306 e. The molecule has 482 valence electrons. The molecule has 0 radical (unpaired) electrons. The van der Waals surface area contributed by atoms with Gasteiger partial charge in [0.1, 0.15) is 0 Å². The second-order valence-electron chi connectivity index (χ2n) is 26.7. The van der Waals surface area contributed by atoms with Crippen molar-refractivity contribution >= 4 is 68.6 Å². The average molecular weight is 1250 g/mol. The Morgan fingerprint density at radius 3 is 0.872 bits per heavy atom. The van der Waals surface area contributed by atoms with E-state index in [1.165, 1.54) is 287 Å². The first-order valence-electron chi connectivity index (χ1n) is 36.8. The van der Waals surface area contributed by atoms with Crippen molar-refractivity contribution in [2.24, 2.45) is 11.8 Å². The van der Waals surface area contributed by atoms with E-state index < -0.39 is 0 Å². The third kappa shape index (κ3) is 24.8. The lowest BCUT2D eigenvalue weighted by molar-refractivity contribution is -0.124. The number of fused-ring (bicyclic) bond motifs is 1. The summed E-state index contributed by atoms with van der Waals surface area (Å²) < 4.78 is 0. The van der Waals surface area contributed by atoms with Crippen molar-refractivity contribution in [1.29, 1.82) is 0 Å². The Morgan fingerprint density at radius 1 is 0.314 bits per heavy atom. The Morgan fingerprint density at radius 2 is 0.570 bits per heavy atom. The summed E-state index contributed by atoms with van der Waals surface area (Å²) in [6.07, 6.45) is 59.1. The first kappa shape index (κ1) is 72.3. The van der Waals surface area contributed by atoms with Crippen LogP contribution in [0.4, 0.5) is 0 Å². The molecule has 2 aliphatic rings. The Balaban J connectivity index is 1.33. The number of carbonyl (C=O) groups excluding carboxylic acids is 2. The number of thiophene rings is 4. The molecule has 6 rings (SSSR count). The summed E-state index contributed by atoms with van der Waals surface area (Å²) >= 11 is 7.36. The van der Waals surface area contributed by atoms with E-state index in [9.17, 15) is 0 Å². The van der Waals surface area contributed by atoms with Crippen molar-refractivity contribution in [3.05, 3.63) is 79.2 Å². The van der Waals surface area contributed by atoms with Gasteiger partial charge in [-0.15, -0.1) is 45.3 Å². The van der Waals surface area contributed by atoms with Gasteiger partial charge in [0, 0.05) is 32.6 Å². The standard InChI is InChI=1S/C78H124N2O2S4/c1-7-13-19-25-29-31-33-35-39-45-51-65-57-71(83-61-65)67-53-55-69(85-67)75-73-74(78(82)79(75)59-63(47-41-23-17-11-5)49-43-37-27-21-15-9-3)76(80(77(73)81)60-64(48-42-24-18-12-6)50-44-38-28-22-16-10-4)70-56-54-68(86-70)72-58-66(62-84-72)52-46-40-36-34-32-30-26-20-14-8-2/h53-58,61-64H,7-52,59-60H2,1-6H3. The van der Waals surface area contributed by atoms with Gasteiger partial charge < -0.3 is 9.80 Å². The summed E-state index contributed by atoms with van der Waals surface area (Å²) in [6.45, 7) is 15.2. The van der Waals surface area contributed by atoms with Crippen LogP contribution in [0.1, 0.15) is 345 Å². The molecule has 8 heteroatoms. The molecule has 2 aliphatic heterocycles. The molecule has 0 aliphatic carbocycles. The minimum atomic E-state index is 0.0625. The number of hydrogen-bond acceptors (Lipinski definition) is 6. The number of carbonyl (C=O) groups is 2.